The van der Waals surface area contributed by atoms with Crippen molar-refractivity contribution in [2.24, 2.45) is 5.92 Å². The summed E-state index contributed by atoms with van der Waals surface area (Å²) in [6.07, 6.45) is 2.61. The van der Waals surface area contributed by atoms with E-state index >= 15 is 0 Å². The van der Waals surface area contributed by atoms with E-state index in [0.717, 1.165) is 25.6 Å². The molecule has 0 radical (unpaired) electrons. The lowest BCUT2D eigenvalue weighted by molar-refractivity contribution is 0.122. The Morgan fingerprint density at radius 3 is 2.57 bits per heavy atom. The average molecular weight is 312 g/mol. The van der Waals surface area contributed by atoms with Crippen LogP contribution in [0.1, 0.15) is 26.7 Å². The van der Waals surface area contributed by atoms with E-state index in [-0.39, 0.29) is 5.28 Å². The van der Waals surface area contributed by atoms with Gasteiger partial charge in [-0.1, -0.05) is 0 Å². The van der Waals surface area contributed by atoms with E-state index in [0.29, 0.717) is 31.2 Å². The van der Waals surface area contributed by atoms with E-state index < -0.39 is 0 Å². The van der Waals surface area contributed by atoms with Gasteiger partial charge in [0.2, 0.25) is 17.2 Å². The lowest BCUT2D eigenvalue weighted by atomic mass is 10.3. The Morgan fingerprint density at radius 1 is 1.24 bits per heavy atom. The van der Waals surface area contributed by atoms with Crippen molar-refractivity contribution in [3.63, 3.8) is 0 Å². The van der Waals surface area contributed by atoms with Crippen LogP contribution in [0.5, 0.6) is 0 Å². The minimum absolute atomic E-state index is 0.267. The molecule has 3 rings (SSSR count). The Balaban J connectivity index is 1.84. The van der Waals surface area contributed by atoms with Gasteiger partial charge in [0.25, 0.3) is 0 Å². The highest BCUT2D eigenvalue weighted by Crippen LogP contribution is 2.32. The van der Waals surface area contributed by atoms with E-state index in [2.05, 4.69) is 38.6 Å². The van der Waals surface area contributed by atoms with Crippen LogP contribution in [0, 0.1) is 5.92 Å². The molecule has 1 saturated heterocycles. The number of morpholine rings is 1. The molecule has 0 atom stereocenters. The molecular formula is C14H22ClN5O. The average Bonchev–Trinajstić information content (AvgIpc) is 3.29. The van der Waals surface area contributed by atoms with Crippen molar-refractivity contribution < 1.29 is 4.74 Å². The summed E-state index contributed by atoms with van der Waals surface area (Å²) in [7, 11) is 0. The van der Waals surface area contributed by atoms with Gasteiger partial charge >= 0.3 is 0 Å². The quantitative estimate of drug-likeness (QED) is 0.829. The predicted octanol–water partition coefficient (Wildman–Crippen LogP) is 1.99. The summed E-state index contributed by atoms with van der Waals surface area (Å²) in [6.45, 7) is 8.32. The molecule has 1 aliphatic carbocycles. The summed E-state index contributed by atoms with van der Waals surface area (Å²) < 4.78 is 5.37. The third kappa shape index (κ3) is 3.74. The van der Waals surface area contributed by atoms with Gasteiger partial charge in [0.1, 0.15) is 0 Å². The number of nitrogens with zero attached hydrogens (tertiary/aromatic N) is 5. The Bertz CT molecular complexity index is 488. The second-order valence-electron chi connectivity index (χ2n) is 5.99. The topological polar surface area (TPSA) is 54.4 Å². The third-order valence-corrected chi connectivity index (χ3v) is 4.08. The molecule has 2 heterocycles. The van der Waals surface area contributed by atoms with E-state index in [9.17, 15) is 0 Å². The molecule has 0 aromatic carbocycles. The molecule has 0 bridgehead atoms. The SMILES string of the molecule is CC(C)N(CC1CC1)c1nc(Cl)nc(N2CCOCC2)n1. The second kappa shape index (κ2) is 6.32. The first kappa shape index (κ1) is 14.8. The molecule has 1 saturated carbocycles. The highest BCUT2D eigenvalue weighted by atomic mass is 35.5. The van der Waals surface area contributed by atoms with Crippen LogP contribution < -0.4 is 9.80 Å². The van der Waals surface area contributed by atoms with E-state index in [1.54, 1.807) is 0 Å². The highest BCUT2D eigenvalue weighted by molar-refractivity contribution is 6.28. The number of anilines is 2. The number of aromatic nitrogens is 3. The Labute approximate surface area is 130 Å². The van der Waals surface area contributed by atoms with E-state index in [4.69, 9.17) is 16.3 Å². The number of halogens is 1. The van der Waals surface area contributed by atoms with Crippen LogP contribution in [-0.4, -0.2) is 53.8 Å². The number of hydrogen-bond donors (Lipinski definition) is 0. The fraction of sp³-hybridized carbons (Fsp3) is 0.786. The zero-order valence-corrected chi connectivity index (χ0v) is 13.4. The number of hydrogen-bond acceptors (Lipinski definition) is 6. The summed E-state index contributed by atoms with van der Waals surface area (Å²) in [5, 5.41) is 0.267. The predicted molar refractivity (Wildman–Crippen MR) is 83.1 cm³/mol. The molecular weight excluding hydrogens is 290 g/mol. The van der Waals surface area contributed by atoms with Gasteiger partial charge in [-0.15, -0.1) is 0 Å². The highest BCUT2D eigenvalue weighted by Gasteiger charge is 2.28. The van der Waals surface area contributed by atoms with E-state index in [1.807, 2.05) is 0 Å². The van der Waals surface area contributed by atoms with Crippen LogP contribution >= 0.6 is 11.6 Å². The lowest BCUT2D eigenvalue weighted by Gasteiger charge is -2.30. The molecule has 116 valence electrons. The fourth-order valence-electron chi connectivity index (χ4n) is 2.46. The first-order valence-electron chi connectivity index (χ1n) is 7.64. The van der Waals surface area contributed by atoms with Crippen molar-refractivity contribution in [3.8, 4) is 0 Å². The molecule has 6 nitrogen and oxygen atoms in total. The molecule has 0 spiro atoms. The van der Waals surface area contributed by atoms with E-state index in [1.165, 1.54) is 12.8 Å². The Hall–Kier alpha value is -1.14. The van der Waals surface area contributed by atoms with Crippen molar-refractivity contribution in [3.05, 3.63) is 5.28 Å². The van der Waals surface area contributed by atoms with Crippen molar-refractivity contribution in [2.75, 3.05) is 42.6 Å². The van der Waals surface area contributed by atoms with Crippen LogP contribution in [0.4, 0.5) is 11.9 Å². The maximum atomic E-state index is 6.12. The maximum absolute atomic E-state index is 6.12. The molecule has 0 N–H and O–H groups in total. The standard InChI is InChI=1S/C14H22ClN5O/c1-10(2)20(9-11-3-4-11)14-17-12(15)16-13(18-14)19-5-7-21-8-6-19/h10-11H,3-9H2,1-2H3. The Kier molecular flexibility index (Phi) is 4.45. The number of ether oxygens (including phenoxy) is 1. The molecule has 2 fully saturated rings. The smallest absolute Gasteiger partial charge is 0.231 e. The molecule has 21 heavy (non-hydrogen) atoms. The Morgan fingerprint density at radius 2 is 1.95 bits per heavy atom. The van der Waals surface area contributed by atoms with Crippen LogP contribution in [0.2, 0.25) is 5.28 Å². The number of rotatable bonds is 5. The largest absolute Gasteiger partial charge is 0.378 e. The van der Waals surface area contributed by atoms with Gasteiger partial charge in [-0.05, 0) is 44.2 Å². The lowest BCUT2D eigenvalue weighted by Crippen LogP contribution is -2.39. The van der Waals surface area contributed by atoms with Crippen LogP contribution in [-0.2, 0) is 4.74 Å². The molecule has 2 aliphatic rings. The van der Waals surface area contributed by atoms with Crippen molar-refractivity contribution >= 4 is 23.5 Å². The van der Waals surface area contributed by atoms with Crippen molar-refractivity contribution in [1.82, 2.24) is 15.0 Å². The second-order valence-corrected chi connectivity index (χ2v) is 6.33. The molecule has 1 aromatic heterocycles. The third-order valence-electron chi connectivity index (χ3n) is 3.91. The fourth-order valence-corrected chi connectivity index (χ4v) is 2.62. The first-order valence-corrected chi connectivity index (χ1v) is 8.02. The zero-order chi connectivity index (χ0) is 14.8. The monoisotopic (exact) mass is 311 g/mol. The summed E-state index contributed by atoms with van der Waals surface area (Å²) >= 11 is 6.12. The first-order chi connectivity index (χ1) is 10.1. The van der Waals surface area contributed by atoms with Gasteiger partial charge in [-0.3, -0.25) is 0 Å². The van der Waals surface area contributed by atoms with Gasteiger partial charge in [0.05, 0.1) is 13.2 Å². The molecule has 0 unspecified atom stereocenters. The van der Waals surface area contributed by atoms with Crippen LogP contribution in [0.15, 0.2) is 0 Å². The maximum Gasteiger partial charge on any atom is 0.231 e. The molecule has 1 aromatic rings. The molecule has 0 amide bonds. The van der Waals surface area contributed by atoms with Crippen molar-refractivity contribution in [1.29, 1.82) is 0 Å². The van der Waals surface area contributed by atoms with Gasteiger partial charge in [-0.2, -0.15) is 15.0 Å². The minimum atomic E-state index is 0.267. The molecule has 1 aliphatic heterocycles. The van der Waals surface area contributed by atoms with Gasteiger partial charge in [0.15, 0.2) is 0 Å². The van der Waals surface area contributed by atoms with Crippen LogP contribution in [0.3, 0.4) is 0 Å². The van der Waals surface area contributed by atoms with Gasteiger partial charge in [0, 0.05) is 25.7 Å². The summed E-state index contributed by atoms with van der Waals surface area (Å²) in [6, 6.07) is 0.349. The normalized spacial score (nSPS) is 19.1. The minimum Gasteiger partial charge on any atom is -0.378 e. The zero-order valence-electron chi connectivity index (χ0n) is 12.6. The van der Waals surface area contributed by atoms with Crippen molar-refractivity contribution in [2.45, 2.75) is 32.7 Å². The summed E-state index contributed by atoms with van der Waals surface area (Å²) in [5.41, 5.74) is 0. The van der Waals surface area contributed by atoms with Crippen LogP contribution in [0.25, 0.3) is 0 Å². The van der Waals surface area contributed by atoms with Gasteiger partial charge in [-0.25, -0.2) is 0 Å². The summed E-state index contributed by atoms with van der Waals surface area (Å²) in [5.74, 6) is 2.13. The summed E-state index contributed by atoms with van der Waals surface area (Å²) in [4.78, 5) is 17.6. The molecule has 7 heteroatoms. The van der Waals surface area contributed by atoms with Gasteiger partial charge < -0.3 is 14.5 Å².